The molecule has 0 saturated heterocycles. The Kier molecular flexibility index (Phi) is 3.56. The molecule has 0 fully saturated rings. The number of aromatic nitrogens is 2. The molecule has 2 aromatic rings. The van der Waals surface area contributed by atoms with Crippen molar-refractivity contribution in [3.63, 3.8) is 0 Å². The zero-order chi connectivity index (χ0) is 14.8. The van der Waals surface area contributed by atoms with Gasteiger partial charge < -0.3 is 9.84 Å². The summed E-state index contributed by atoms with van der Waals surface area (Å²) in [6.45, 7) is 1.88. The number of carboxylic acids is 1. The number of fused-ring (bicyclic) bond motifs is 1. The van der Waals surface area contributed by atoms with Gasteiger partial charge in [-0.2, -0.15) is 0 Å². The molecular weight excluding hydrogens is 268 g/mol. The summed E-state index contributed by atoms with van der Waals surface area (Å²) in [6.07, 6.45) is 5.49. The Morgan fingerprint density at radius 1 is 1.29 bits per heavy atom. The lowest BCUT2D eigenvalue weighted by Crippen LogP contribution is -2.11. The van der Waals surface area contributed by atoms with Gasteiger partial charge in [0, 0.05) is 11.4 Å². The van der Waals surface area contributed by atoms with Crippen molar-refractivity contribution in [3.8, 4) is 11.6 Å². The van der Waals surface area contributed by atoms with Crippen molar-refractivity contribution in [1.82, 2.24) is 9.97 Å². The first-order chi connectivity index (χ1) is 10.1. The van der Waals surface area contributed by atoms with Crippen LogP contribution in [0.4, 0.5) is 0 Å². The Balaban J connectivity index is 1.99. The topological polar surface area (TPSA) is 72.3 Å². The second-order valence-electron chi connectivity index (χ2n) is 5.20. The lowest BCUT2D eigenvalue weighted by Gasteiger charge is -2.17. The van der Waals surface area contributed by atoms with Gasteiger partial charge in [0.2, 0.25) is 5.88 Å². The maximum absolute atomic E-state index is 11.4. The van der Waals surface area contributed by atoms with Crippen LogP contribution < -0.4 is 4.74 Å². The highest BCUT2D eigenvalue weighted by molar-refractivity contribution is 5.90. The van der Waals surface area contributed by atoms with Crippen LogP contribution in [0, 0.1) is 6.92 Å². The van der Waals surface area contributed by atoms with Crippen molar-refractivity contribution in [2.75, 3.05) is 0 Å². The van der Waals surface area contributed by atoms with Crippen LogP contribution in [0.5, 0.6) is 11.6 Å². The maximum Gasteiger partial charge on any atom is 0.341 e. The highest BCUT2D eigenvalue weighted by Crippen LogP contribution is 2.29. The van der Waals surface area contributed by atoms with E-state index in [1.54, 1.807) is 18.3 Å². The van der Waals surface area contributed by atoms with Gasteiger partial charge in [-0.3, -0.25) is 4.98 Å². The fraction of sp³-hybridized carbons (Fsp3) is 0.312. The second-order valence-corrected chi connectivity index (χ2v) is 5.20. The fourth-order valence-electron chi connectivity index (χ4n) is 2.47. The zero-order valence-electron chi connectivity index (χ0n) is 11.8. The number of hydrogen-bond acceptors (Lipinski definition) is 4. The zero-order valence-corrected chi connectivity index (χ0v) is 11.8. The van der Waals surface area contributed by atoms with Crippen LogP contribution >= 0.6 is 0 Å². The number of pyridine rings is 2. The van der Waals surface area contributed by atoms with Crippen LogP contribution in [0.3, 0.4) is 0 Å². The smallest absolute Gasteiger partial charge is 0.341 e. The molecule has 5 nitrogen and oxygen atoms in total. The lowest BCUT2D eigenvalue weighted by molar-refractivity contribution is 0.0693. The molecule has 2 aromatic heterocycles. The molecule has 0 unspecified atom stereocenters. The summed E-state index contributed by atoms with van der Waals surface area (Å²) < 4.78 is 5.64. The molecule has 1 aliphatic rings. The molecular formula is C16H16N2O3. The van der Waals surface area contributed by atoms with Crippen molar-refractivity contribution < 1.29 is 14.6 Å². The summed E-state index contributed by atoms with van der Waals surface area (Å²) in [4.78, 5) is 20.0. The average molecular weight is 284 g/mol. The number of hydrogen-bond donors (Lipinski definition) is 1. The Labute approximate surface area is 122 Å². The number of rotatable bonds is 3. The van der Waals surface area contributed by atoms with E-state index in [9.17, 15) is 9.90 Å². The van der Waals surface area contributed by atoms with E-state index in [0.717, 1.165) is 42.6 Å². The van der Waals surface area contributed by atoms with Gasteiger partial charge >= 0.3 is 5.97 Å². The SMILES string of the molecule is Cc1ccc(Oc2nc3c(cc2C(=O)O)CCCC3)cn1. The summed E-state index contributed by atoms with van der Waals surface area (Å²) >= 11 is 0. The van der Waals surface area contributed by atoms with Crippen LogP contribution in [0.15, 0.2) is 24.4 Å². The Hall–Kier alpha value is -2.43. The van der Waals surface area contributed by atoms with Gasteiger partial charge in [0.25, 0.3) is 0 Å². The Bertz CT molecular complexity index is 681. The van der Waals surface area contributed by atoms with Crippen LogP contribution in [0.1, 0.15) is 40.2 Å². The molecule has 108 valence electrons. The minimum Gasteiger partial charge on any atom is -0.477 e. The molecule has 2 heterocycles. The Morgan fingerprint density at radius 3 is 2.81 bits per heavy atom. The molecule has 0 atom stereocenters. The largest absolute Gasteiger partial charge is 0.477 e. The molecule has 21 heavy (non-hydrogen) atoms. The monoisotopic (exact) mass is 284 g/mol. The van der Waals surface area contributed by atoms with Gasteiger partial charge in [0.15, 0.2) is 0 Å². The summed E-state index contributed by atoms with van der Waals surface area (Å²) in [7, 11) is 0. The third kappa shape index (κ3) is 2.86. The van der Waals surface area contributed by atoms with Crippen molar-refractivity contribution in [1.29, 1.82) is 0 Å². The van der Waals surface area contributed by atoms with Gasteiger partial charge in [-0.15, -0.1) is 0 Å². The van der Waals surface area contributed by atoms with E-state index < -0.39 is 5.97 Å². The molecule has 0 saturated carbocycles. The third-order valence-corrected chi connectivity index (χ3v) is 3.60. The molecule has 0 spiro atoms. The molecule has 0 aliphatic heterocycles. The number of carboxylic acid groups (broad SMARTS) is 1. The van der Waals surface area contributed by atoms with Crippen LogP contribution in [0.2, 0.25) is 0 Å². The van der Waals surface area contributed by atoms with Crippen LogP contribution in [-0.2, 0) is 12.8 Å². The standard InChI is InChI=1S/C16H16N2O3/c1-10-6-7-12(9-17-10)21-15-13(16(19)20)8-11-4-2-3-5-14(11)18-15/h6-9H,2-5H2,1H3,(H,19,20). The minimum absolute atomic E-state index is 0.108. The third-order valence-electron chi connectivity index (χ3n) is 3.60. The summed E-state index contributed by atoms with van der Waals surface area (Å²) in [5, 5.41) is 9.35. The van der Waals surface area contributed by atoms with Gasteiger partial charge in [-0.1, -0.05) is 0 Å². The second kappa shape index (κ2) is 5.52. The molecule has 1 N–H and O–H groups in total. The maximum atomic E-state index is 11.4. The minimum atomic E-state index is -1.02. The highest BCUT2D eigenvalue weighted by atomic mass is 16.5. The van der Waals surface area contributed by atoms with Crippen molar-refractivity contribution in [3.05, 3.63) is 46.9 Å². The lowest BCUT2D eigenvalue weighted by atomic mass is 9.95. The van der Waals surface area contributed by atoms with E-state index in [2.05, 4.69) is 9.97 Å². The quantitative estimate of drug-likeness (QED) is 0.937. The van der Waals surface area contributed by atoms with E-state index in [4.69, 9.17) is 4.74 Å². The molecule has 0 radical (unpaired) electrons. The molecule has 0 amide bonds. The molecule has 0 aromatic carbocycles. The number of aryl methyl sites for hydroxylation is 3. The highest BCUT2D eigenvalue weighted by Gasteiger charge is 2.20. The molecule has 5 heteroatoms. The Morgan fingerprint density at radius 2 is 2.10 bits per heavy atom. The first-order valence-corrected chi connectivity index (χ1v) is 7.00. The van der Waals surface area contributed by atoms with Crippen LogP contribution in [0.25, 0.3) is 0 Å². The summed E-state index contributed by atoms with van der Waals surface area (Å²) in [5.41, 5.74) is 2.95. The summed E-state index contributed by atoms with van der Waals surface area (Å²) in [5.74, 6) is -0.383. The van der Waals surface area contributed by atoms with Crippen molar-refractivity contribution in [2.24, 2.45) is 0 Å². The van der Waals surface area contributed by atoms with E-state index in [0.29, 0.717) is 5.75 Å². The number of ether oxygens (including phenoxy) is 1. The first kappa shape index (κ1) is 13.5. The van der Waals surface area contributed by atoms with Gasteiger partial charge in [0.1, 0.15) is 11.3 Å². The molecule has 1 aliphatic carbocycles. The van der Waals surface area contributed by atoms with Crippen LogP contribution in [-0.4, -0.2) is 21.0 Å². The molecule has 3 rings (SSSR count). The van der Waals surface area contributed by atoms with Gasteiger partial charge in [-0.25, -0.2) is 9.78 Å². The number of aromatic carboxylic acids is 1. The van der Waals surface area contributed by atoms with Crippen molar-refractivity contribution in [2.45, 2.75) is 32.6 Å². The van der Waals surface area contributed by atoms with E-state index >= 15 is 0 Å². The molecule has 0 bridgehead atoms. The summed E-state index contributed by atoms with van der Waals surface area (Å²) in [6, 6.07) is 5.27. The van der Waals surface area contributed by atoms with Gasteiger partial charge in [0.05, 0.1) is 6.20 Å². The number of carbonyl (C=O) groups is 1. The van der Waals surface area contributed by atoms with Crippen molar-refractivity contribution >= 4 is 5.97 Å². The van der Waals surface area contributed by atoms with E-state index in [1.165, 1.54) is 0 Å². The predicted octanol–water partition coefficient (Wildman–Crippen LogP) is 3.15. The average Bonchev–Trinajstić information content (AvgIpc) is 2.48. The fourth-order valence-corrected chi connectivity index (χ4v) is 2.47. The van der Waals surface area contributed by atoms with Gasteiger partial charge in [-0.05, 0) is 56.4 Å². The first-order valence-electron chi connectivity index (χ1n) is 7.00. The normalized spacial score (nSPS) is 13.6. The van der Waals surface area contributed by atoms with E-state index in [1.807, 2.05) is 13.0 Å². The number of nitrogens with zero attached hydrogens (tertiary/aromatic N) is 2. The predicted molar refractivity (Wildman–Crippen MR) is 76.9 cm³/mol. The van der Waals surface area contributed by atoms with E-state index in [-0.39, 0.29) is 11.4 Å².